The Balaban J connectivity index is 2.87. The monoisotopic (exact) mass is 283 g/mol. The van der Waals surface area contributed by atoms with Crippen LogP contribution in [0, 0.1) is 12.7 Å². The van der Waals surface area contributed by atoms with Gasteiger partial charge in [0.25, 0.3) is 0 Å². The molecule has 0 aliphatic heterocycles. The van der Waals surface area contributed by atoms with E-state index in [9.17, 15) is 18.8 Å². The highest BCUT2D eigenvalue weighted by Crippen LogP contribution is 2.17. The number of aliphatic carboxylic acids is 1. The van der Waals surface area contributed by atoms with E-state index in [0.29, 0.717) is 0 Å². The first-order valence-corrected chi connectivity index (χ1v) is 5.62. The van der Waals surface area contributed by atoms with Crippen LogP contribution < -0.4 is 11.1 Å². The second kappa shape index (κ2) is 6.50. The van der Waals surface area contributed by atoms with Gasteiger partial charge in [-0.1, -0.05) is 6.07 Å². The van der Waals surface area contributed by atoms with Crippen molar-refractivity contribution < 1.29 is 23.9 Å². The molecular formula is C12H14FN3O4. The van der Waals surface area contributed by atoms with E-state index in [-0.39, 0.29) is 11.3 Å². The number of nitrogens with zero attached hydrogens (tertiary/aromatic N) is 1. The van der Waals surface area contributed by atoms with E-state index < -0.39 is 36.8 Å². The van der Waals surface area contributed by atoms with Crippen LogP contribution in [-0.4, -0.2) is 41.0 Å². The Morgan fingerprint density at radius 1 is 1.35 bits per heavy atom. The van der Waals surface area contributed by atoms with Gasteiger partial charge in [0.1, 0.15) is 18.9 Å². The Labute approximate surface area is 114 Å². The van der Waals surface area contributed by atoms with Crippen molar-refractivity contribution in [3.8, 4) is 0 Å². The molecule has 4 N–H and O–H groups in total. The summed E-state index contributed by atoms with van der Waals surface area (Å²) in [6.45, 7) is 0.218. The summed E-state index contributed by atoms with van der Waals surface area (Å²) in [6.07, 6.45) is 0. The molecule has 1 rings (SSSR count). The molecule has 8 heteroatoms. The van der Waals surface area contributed by atoms with Crippen LogP contribution in [0.2, 0.25) is 0 Å². The molecule has 1 aromatic carbocycles. The first-order valence-electron chi connectivity index (χ1n) is 5.62. The van der Waals surface area contributed by atoms with E-state index in [1.54, 1.807) is 0 Å². The van der Waals surface area contributed by atoms with Gasteiger partial charge < -0.3 is 21.1 Å². The normalized spacial score (nSPS) is 9.90. The van der Waals surface area contributed by atoms with Crippen LogP contribution in [0.4, 0.5) is 14.9 Å². The summed E-state index contributed by atoms with van der Waals surface area (Å²) in [6, 6.07) is 3.23. The number of amides is 3. The summed E-state index contributed by atoms with van der Waals surface area (Å²) in [4.78, 5) is 34.0. The molecule has 0 atom stereocenters. The molecule has 0 aliphatic carbocycles. The molecule has 0 aliphatic rings. The molecule has 0 aromatic heterocycles. The number of primary amides is 1. The van der Waals surface area contributed by atoms with Gasteiger partial charge in [0.2, 0.25) is 5.91 Å². The Kier molecular flexibility index (Phi) is 5.01. The van der Waals surface area contributed by atoms with Crippen molar-refractivity contribution in [2.75, 3.05) is 18.4 Å². The van der Waals surface area contributed by atoms with Crippen molar-refractivity contribution in [2.24, 2.45) is 5.73 Å². The van der Waals surface area contributed by atoms with Gasteiger partial charge in [0.05, 0.1) is 0 Å². The Morgan fingerprint density at radius 3 is 2.55 bits per heavy atom. The topological polar surface area (TPSA) is 113 Å². The molecule has 0 bridgehead atoms. The Morgan fingerprint density at radius 2 is 2.00 bits per heavy atom. The zero-order valence-corrected chi connectivity index (χ0v) is 10.7. The number of urea groups is 1. The third kappa shape index (κ3) is 4.23. The number of carboxylic acids is 1. The fourth-order valence-electron chi connectivity index (χ4n) is 1.49. The average Bonchev–Trinajstić information content (AvgIpc) is 2.33. The van der Waals surface area contributed by atoms with Crippen LogP contribution in [0.3, 0.4) is 0 Å². The minimum absolute atomic E-state index is 0.190. The third-order valence-electron chi connectivity index (χ3n) is 2.47. The zero-order valence-electron chi connectivity index (χ0n) is 10.7. The summed E-state index contributed by atoms with van der Waals surface area (Å²) in [5, 5.41) is 11.0. The molecule has 0 heterocycles. The highest BCUT2D eigenvalue weighted by Gasteiger charge is 2.19. The minimum atomic E-state index is -1.29. The number of carbonyl (C=O) groups is 3. The SMILES string of the molecule is Cc1c(F)cccc1NC(=O)N(CC(N)=O)CC(=O)O. The summed E-state index contributed by atoms with van der Waals surface area (Å²) in [7, 11) is 0. The maximum absolute atomic E-state index is 13.3. The predicted molar refractivity (Wildman–Crippen MR) is 68.6 cm³/mol. The lowest BCUT2D eigenvalue weighted by Crippen LogP contribution is -2.43. The minimum Gasteiger partial charge on any atom is -0.480 e. The smallest absolute Gasteiger partial charge is 0.323 e. The van der Waals surface area contributed by atoms with Gasteiger partial charge in [0, 0.05) is 11.3 Å². The van der Waals surface area contributed by atoms with Crippen molar-refractivity contribution in [1.29, 1.82) is 0 Å². The van der Waals surface area contributed by atoms with E-state index in [1.807, 2.05) is 0 Å². The lowest BCUT2D eigenvalue weighted by atomic mass is 10.2. The molecule has 0 spiro atoms. The van der Waals surface area contributed by atoms with Gasteiger partial charge in [0.15, 0.2) is 0 Å². The lowest BCUT2D eigenvalue weighted by molar-refractivity contribution is -0.137. The Bertz CT molecular complexity index is 532. The maximum atomic E-state index is 13.3. The number of nitrogens with one attached hydrogen (secondary N) is 1. The molecule has 0 radical (unpaired) electrons. The first kappa shape index (κ1) is 15.4. The molecule has 3 amide bonds. The van der Waals surface area contributed by atoms with Crippen molar-refractivity contribution in [1.82, 2.24) is 4.90 Å². The van der Waals surface area contributed by atoms with Crippen LogP contribution in [0.15, 0.2) is 18.2 Å². The van der Waals surface area contributed by atoms with Crippen LogP contribution in [0.25, 0.3) is 0 Å². The highest BCUT2D eigenvalue weighted by molar-refractivity contribution is 5.94. The van der Waals surface area contributed by atoms with Gasteiger partial charge in [-0.05, 0) is 19.1 Å². The Hall–Kier alpha value is -2.64. The summed E-state index contributed by atoms with van der Waals surface area (Å²) >= 11 is 0. The van der Waals surface area contributed by atoms with Gasteiger partial charge in [-0.25, -0.2) is 9.18 Å². The van der Waals surface area contributed by atoms with Gasteiger partial charge in [-0.3, -0.25) is 9.59 Å². The molecule has 108 valence electrons. The number of halogens is 1. The summed E-state index contributed by atoms with van der Waals surface area (Å²) in [5.74, 6) is -2.66. The zero-order chi connectivity index (χ0) is 15.3. The second-order valence-corrected chi connectivity index (χ2v) is 4.06. The number of rotatable bonds is 5. The van der Waals surface area contributed by atoms with Crippen molar-refractivity contribution >= 4 is 23.6 Å². The lowest BCUT2D eigenvalue weighted by Gasteiger charge is -2.20. The van der Waals surface area contributed by atoms with Crippen molar-refractivity contribution in [3.63, 3.8) is 0 Å². The molecule has 20 heavy (non-hydrogen) atoms. The molecule has 0 unspecified atom stereocenters. The quantitative estimate of drug-likeness (QED) is 0.731. The number of hydrogen-bond donors (Lipinski definition) is 3. The predicted octanol–water partition coefficient (Wildman–Crippen LogP) is 0.538. The van der Waals surface area contributed by atoms with E-state index in [1.165, 1.54) is 25.1 Å². The number of carboxylic acid groups (broad SMARTS) is 1. The molecule has 0 saturated carbocycles. The third-order valence-corrected chi connectivity index (χ3v) is 2.47. The molecule has 0 saturated heterocycles. The number of nitrogens with two attached hydrogens (primary N) is 1. The van der Waals surface area contributed by atoms with E-state index in [0.717, 1.165) is 4.90 Å². The number of anilines is 1. The molecule has 0 fully saturated rings. The van der Waals surface area contributed by atoms with E-state index >= 15 is 0 Å². The van der Waals surface area contributed by atoms with Gasteiger partial charge in [-0.2, -0.15) is 0 Å². The molecule has 7 nitrogen and oxygen atoms in total. The second-order valence-electron chi connectivity index (χ2n) is 4.06. The van der Waals surface area contributed by atoms with Crippen LogP contribution >= 0.6 is 0 Å². The van der Waals surface area contributed by atoms with E-state index in [2.05, 4.69) is 5.32 Å². The van der Waals surface area contributed by atoms with Crippen LogP contribution in [-0.2, 0) is 9.59 Å². The molecular weight excluding hydrogens is 269 g/mol. The van der Waals surface area contributed by atoms with Crippen molar-refractivity contribution in [2.45, 2.75) is 6.92 Å². The summed E-state index contributed by atoms with van der Waals surface area (Å²) in [5.41, 5.74) is 5.33. The van der Waals surface area contributed by atoms with E-state index in [4.69, 9.17) is 10.8 Å². The summed E-state index contributed by atoms with van der Waals surface area (Å²) < 4.78 is 13.3. The first-order chi connectivity index (χ1) is 9.31. The van der Waals surface area contributed by atoms with Crippen LogP contribution in [0.5, 0.6) is 0 Å². The highest BCUT2D eigenvalue weighted by atomic mass is 19.1. The number of benzene rings is 1. The maximum Gasteiger partial charge on any atom is 0.323 e. The number of hydrogen-bond acceptors (Lipinski definition) is 3. The van der Waals surface area contributed by atoms with Gasteiger partial charge in [-0.15, -0.1) is 0 Å². The number of carbonyl (C=O) groups excluding carboxylic acids is 2. The fourth-order valence-corrected chi connectivity index (χ4v) is 1.49. The van der Waals surface area contributed by atoms with Crippen molar-refractivity contribution in [3.05, 3.63) is 29.6 Å². The largest absolute Gasteiger partial charge is 0.480 e. The average molecular weight is 283 g/mol. The van der Waals surface area contributed by atoms with Crippen LogP contribution in [0.1, 0.15) is 5.56 Å². The van der Waals surface area contributed by atoms with Gasteiger partial charge >= 0.3 is 12.0 Å². The molecule has 1 aromatic rings. The standard InChI is InChI=1S/C12H14FN3O4/c1-7-8(13)3-2-4-9(7)15-12(20)16(5-10(14)17)6-11(18)19/h2-4H,5-6H2,1H3,(H2,14,17)(H,15,20)(H,18,19). The fraction of sp³-hybridized carbons (Fsp3) is 0.250.